The van der Waals surface area contributed by atoms with Gasteiger partial charge in [0.15, 0.2) is 0 Å². The summed E-state index contributed by atoms with van der Waals surface area (Å²) in [5.74, 6) is 8.53. The Bertz CT molecular complexity index is 468. The van der Waals surface area contributed by atoms with Crippen LogP contribution in [0.5, 0.6) is 0 Å². The molecule has 3 unspecified atom stereocenters. The van der Waals surface area contributed by atoms with E-state index in [-0.39, 0.29) is 0 Å². The van der Waals surface area contributed by atoms with Gasteiger partial charge in [0.25, 0.3) is 0 Å². The van der Waals surface area contributed by atoms with Crippen molar-refractivity contribution in [1.82, 2.24) is 5.43 Å². The van der Waals surface area contributed by atoms with E-state index in [0.29, 0.717) is 6.04 Å². The maximum Gasteiger partial charge on any atom is 0.0496 e. The van der Waals surface area contributed by atoms with Crippen LogP contribution in [0.2, 0.25) is 0 Å². The Morgan fingerprint density at radius 2 is 1.58 bits per heavy atom. The summed E-state index contributed by atoms with van der Waals surface area (Å²) in [6.45, 7) is 6.61. The van der Waals surface area contributed by atoms with E-state index in [4.69, 9.17) is 5.84 Å². The summed E-state index contributed by atoms with van der Waals surface area (Å²) >= 11 is 0. The molecule has 2 aliphatic carbocycles. The van der Waals surface area contributed by atoms with Crippen molar-refractivity contribution in [2.45, 2.75) is 52.5 Å². The molecule has 1 aromatic carbocycles. The molecule has 3 rings (SSSR count). The van der Waals surface area contributed by atoms with E-state index >= 15 is 0 Å². The van der Waals surface area contributed by atoms with E-state index in [2.05, 4.69) is 38.3 Å². The van der Waals surface area contributed by atoms with Crippen molar-refractivity contribution >= 4 is 0 Å². The molecule has 0 heterocycles. The third kappa shape index (κ3) is 2.21. The lowest BCUT2D eigenvalue weighted by atomic mass is 9.92. The quantitative estimate of drug-likeness (QED) is 0.642. The third-order valence-electron chi connectivity index (χ3n) is 5.50. The second-order valence-corrected chi connectivity index (χ2v) is 6.63. The topological polar surface area (TPSA) is 38.0 Å². The van der Waals surface area contributed by atoms with Crippen molar-refractivity contribution in [3.63, 3.8) is 0 Å². The number of benzene rings is 1. The van der Waals surface area contributed by atoms with E-state index in [1.54, 1.807) is 0 Å². The Kier molecular flexibility index (Phi) is 3.40. The second kappa shape index (κ2) is 4.92. The first kappa shape index (κ1) is 13.1. The van der Waals surface area contributed by atoms with Crippen LogP contribution in [-0.4, -0.2) is 0 Å². The lowest BCUT2D eigenvalue weighted by Gasteiger charge is -2.20. The van der Waals surface area contributed by atoms with Gasteiger partial charge in [0.05, 0.1) is 0 Å². The van der Waals surface area contributed by atoms with Gasteiger partial charge in [-0.15, -0.1) is 0 Å². The fraction of sp³-hybridized carbons (Fsp3) is 0.647. The van der Waals surface area contributed by atoms with Crippen LogP contribution in [0.15, 0.2) is 12.1 Å². The lowest BCUT2D eigenvalue weighted by Crippen LogP contribution is -2.31. The fourth-order valence-electron chi connectivity index (χ4n) is 4.27. The first-order valence-electron chi connectivity index (χ1n) is 7.67. The zero-order chi connectivity index (χ0) is 13.6. The molecular formula is C17H26N2. The standard InChI is InChI=1S/C17H26N2/c1-10-8-12(3)15(9-11(10)2)17(19-18)16-13-6-4-5-7-14(13)16/h8-9,13-14,16-17,19H,4-7,18H2,1-3H3. The number of fused-ring (bicyclic) bond motifs is 1. The van der Waals surface area contributed by atoms with Gasteiger partial charge in [-0.05, 0) is 73.6 Å². The van der Waals surface area contributed by atoms with Crippen molar-refractivity contribution in [3.05, 3.63) is 34.4 Å². The summed E-state index contributed by atoms with van der Waals surface area (Å²) in [6.07, 6.45) is 5.66. The van der Waals surface area contributed by atoms with Gasteiger partial charge >= 0.3 is 0 Å². The van der Waals surface area contributed by atoms with Crippen molar-refractivity contribution in [3.8, 4) is 0 Å². The molecule has 0 amide bonds. The van der Waals surface area contributed by atoms with E-state index in [9.17, 15) is 0 Å². The normalized spacial score (nSPS) is 30.8. The highest BCUT2D eigenvalue weighted by molar-refractivity contribution is 5.39. The predicted octanol–water partition coefficient (Wildman–Crippen LogP) is 3.55. The van der Waals surface area contributed by atoms with Gasteiger partial charge in [-0.3, -0.25) is 11.3 Å². The van der Waals surface area contributed by atoms with Crippen molar-refractivity contribution < 1.29 is 0 Å². The van der Waals surface area contributed by atoms with Gasteiger partial charge in [0, 0.05) is 6.04 Å². The first-order valence-corrected chi connectivity index (χ1v) is 7.67. The minimum absolute atomic E-state index is 0.354. The van der Waals surface area contributed by atoms with Crippen LogP contribution in [0, 0.1) is 38.5 Å². The average Bonchev–Trinajstić information content (AvgIpc) is 3.11. The number of nitrogens with two attached hydrogens (primary N) is 1. The van der Waals surface area contributed by atoms with E-state index in [1.807, 2.05) is 0 Å². The summed E-state index contributed by atoms with van der Waals surface area (Å²) in [5, 5.41) is 0. The Labute approximate surface area is 116 Å². The molecule has 2 nitrogen and oxygen atoms in total. The summed E-state index contributed by atoms with van der Waals surface area (Å²) in [4.78, 5) is 0. The number of hydrogen-bond acceptors (Lipinski definition) is 2. The molecule has 0 saturated heterocycles. The Hall–Kier alpha value is -0.860. The SMILES string of the molecule is Cc1cc(C)c(C(NN)C2C3CCCCC32)cc1C. The molecule has 3 N–H and O–H groups in total. The number of hydrazine groups is 1. The number of aryl methyl sites for hydroxylation is 3. The minimum atomic E-state index is 0.354. The third-order valence-corrected chi connectivity index (χ3v) is 5.50. The van der Waals surface area contributed by atoms with Gasteiger partial charge in [0.1, 0.15) is 0 Å². The van der Waals surface area contributed by atoms with Gasteiger partial charge in [-0.2, -0.15) is 0 Å². The number of hydrogen-bond donors (Lipinski definition) is 2. The molecule has 104 valence electrons. The fourth-order valence-corrected chi connectivity index (χ4v) is 4.27. The molecule has 19 heavy (non-hydrogen) atoms. The van der Waals surface area contributed by atoms with Crippen molar-refractivity contribution in [2.75, 3.05) is 0 Å². The molecule has 2 fully saturated rings. The molecule has 0 aromatic heterocycles. The van der Waals surface area contributed by atoms with Crippen LogP contribution >= 0.6 is 0 Å². The summed E-state index contributed by atoms with van der Waals surface area (Å²) in [7, 11) is 0. The summed E-state index contributed by atoms with van der Waals surface area (Å²) in [5.41, 5.74) is 8.69. The van der Waals surface area contributed by atoms with Crippen LogP contribution in [0.25, 0.3) is 0 Å². The maximum absolute atomic E-state index is 5.91. The molecular weight excluding hydrogens is 232 g/mol. The van der Waals surface area contributed by atoms with Gasteiger partial charge < -0.3 is 0 Å². The van der Waals surface area contributed by atoms with E-state index < -0.39 is 0 Å². The summed E-state index contributed by atoms with van der Waals surface area (Å²) in [6, 6.07) is 5.01. The molecule has 2 heteroatoms. The largest absolute Gasteiger partial charge is 0.271 e. The smallest absolute Gasteiger partial charge is 0.0496 e. The molecule has 3 atom stereocenters. The number of nitrogens with one attached hydrogen (secondary N) is 1. The first-order chi connectivity index (χ1) is 9.13. The van der Waals surface area contributed by atoms with Crippen LogP contribution in [0.4, 0.5) is 0 Å². The highest BCUT2D eigenvalue weighted by Crippen LogP contribution is 2.60. The maximum atomic E-state index is 5.91. The highest BCUT2D eigenvalue weighted by Gasteiger charge is 2.54. The molecule has 1 aromatic rings. The molecule has 0 aliphatic heterocycles. The Morgan fingerprint density at radius 3 is 2.16 bits per heavy atom. The highest BCUT2D eigenvalue weighted by atomic mass is 15.2. The molecule has 0 spiro atoms. The predicted molar refractivity (Wildman–Crippen MR) is 79.7 cm³/mol. The zero-order valence-corrected chi connectivity index (χ0v) is 12.4. The Morgan fingerprint density at radius 1 is 1.00 bits per heavy atom. The average molecular weight is 258 g/mol. The molecule has 0 radical (unpaired) electrons. The Balaban J connectivity index is 1.89. The molecule has 0 bridgehead atoms. The van der Waals surface area contributed by atoms with E-state index in [0.717, 1.165) is 17.8 Å². The van der Waals surface area contributed by atoms with Gasteiger partial charge in [-0.25, -0.2) is 0 Å². The van der Waals surface area contributed by atoms with Gasteiger partial charge in [0.2, 0.25) is 0 Å². The van der Waals surface area contributed by atoms with Crippen LogP contribution in [-0.2, 0) is 0 Å². The minimum Gasteiger partial charge on any atom is -0.271 e. The lowest BCUT2D eigenvalue weighted by molar-refractivity contribution is 0.454. The van der Waals surface area contributed by atoms with Crippen LogP contribution in [0.3, 0.4) is 0 Å². The van der Waals surface area contributed by atoms with Crippen molar-refractivity contribution in [1.29, 1.82) is 0 Å². The monoisotopic (exact) mass is 258 g/mol. The molecule has 2 saturated carbocycles. The zero-order valence-electron chi connectivity index (χ0n) is 12.4. The van der Waals surface area contributed by atoms with Crippen LogP contribution in [0.1, 0.15) is 54.0 Å². The molecule has 2 aliphatic rings. The van der Waals surface area contributed by atoms with Crippen molar-refractivity contribution in [2.24, 2.45) is 23.6 Å². The van der Waals surface area contributed by atoms with Crippen LogP contribution < -0.4 is 11.3 Å². The van der Waals surface area contributed by atoms with Gasteiger partial charge in [-0.1, -0.05) is 25.0 Å². The second-order valence-electron chi connectivity index (χ2n) is 6.63. The number of rotatable bonds is 3. The van der Waals surface area contributed by atoms with E-state index in [1.165, 1.54) is 47.9 Å². The summed E-state index contributed by atoms with van der Waals surface area (Å²) < 4.78 is 0.